The summed E-state index contributed by atoms with van der Waals surface area (Å²) < 4.78 is 53.2. The number of nitrogens with zero attached hydrogens (tertiary/aromatic N) is 1. The number of rotatable bonds is 9. The SMILES string of the molecule is CCOP(=O)(OCC)C1(Nc2ccc(C)cc2)CCN(S(=O)(=O)c2ccc(C)cc2)CC1. The lowest BCUT2D eigenvalue weighted by atomic mass is 10.0. The van der Waals surface area contributed by atoms with E-state index in [4.69, 9.17) is 9.05 Å². The van der Waals surface area contributed by atoms with E-state index in [1.165, 1.54) is 4.31 Å². The van der Waals surface area contributed by atoms with Crippen LogP contribution >= 0.6 is 7.60 Å². The molecule has 7 nitrogen and oxygen atoms in total. The van der Waals surface area contributed by atoms with Gasteiger partial charge in [0.1, 0.15) is 5.28 Å². The monoisotopic (exact) mass is 480 g/mol. The van der Waals surface area contributed by atoms with Crippen molar-refractivity contribution in [3.63, 3.8) is 0 Å². The molecule has 1 fully saturated rings. The Labute approximate surface area is 191 Å². The van der Waals surface area contributed by atoms with Gasteiger partial charge in [-0.3, -0.25) is 4.57 Å². The third-order valence-electron chi connectivity index (χ3n) is 5.76. The van der Waals surface area contributed by atoms with Crippen LogP contribution in [0, 0.1) is 13.8 Å². The predicted molar refractivity (Wildman–Crippen MR) is 128 cm³/mol. The maximum absolute atomic E-state index is 14.0. The number of piperidine rings is 1. The highest BCUT2D eigenvalue weighted by Crippen LogP contribution is 2.63. The van der Waals surface area contributed by atoms with E-state index in [9.17, 15) is 13.0 Å². The van der Waals surface area contributed by atoms with E-state index in [-0.39, 0.29) is 31.2 Å². The van der Waals surface area contributed by atoms with Gasteiger partial charge < -0.3 is 14.4 Å². The third-order valence-corrected chi connectivity index (χ3v) is 10.5. The molecule has 0 atom stereocenters. The van der Waals surface area contributed by atoms with Gasteiger partial charge in [0.25, 0.3) is 0 Å². The molecule has 1 N–H and O–H groups in total. The predicted octanol–water partition coefficient (Wildman–Crippen LogP) is 5.16. The first-order valence-electron chi connectivity index (χ1n) is 11.0. The molecule has 0 saturated carbocycles. The molecule has 1 saturated heterocycles. The van der Waals surface area contributed by atoms with Gasteiger partial charge in [-0.05, 0) is 64.8 Å². The molecule has 0 unspecified atom stereocenters. The van der Waals surface area contributed by atoms with Gasteiger partial charge >= 0.3 is 7.60 Å². The number of nitrogens with one attached hydrogen (secondary N) is 1. The zero-order chi connectivity index (χ0) is 23.4. The number of hydrogen-bond acceptors (Lipinski definition) is 6. The molecule has 1 heterocycles. The number of benzene rings is 2. The van der Waals surface area contributed by atoms with Crippen molar-refractivity contribution in [1.82, 2.24) is 4.31 Å². The van der Waals surface area contributed by atoms with Gasteiger partial charge in [-0.1, -0.05) is 35.4 Å². The normalized spacial score (nSPS) is 17.2. The molecule has 0 amide bonds. The second kappa shape index (κ2) is 10.1. The Bertz CT molecular complexity index is 1040. The van der Waals surface area contributed by atoms with Crippen LogP contribution < -0.4 is 5.32 Å². The molecule has 2 aromatic rings. The molecule has 3 rings (SSSR count). The van der Waals surface area contributed by atoms with E-state index in [1.54, 1.807) is 38.1 Å². The highest BCUT2D eigenvalue weighted by Gasteiger charge is 2.53. The lowest BCUT2D eigenvalue weighted by Gasteiger charge is -2.45. The summed E-state index contributed by atoms with van der Waals surface area (Å²) in [6, 6.07) is 14.6. The van der Waals surface area contributed by atoms with Crippen LogP contribution in [-0.4, -0.2) is 44.3 Å². The summed E-state index contributed by atoms with van der Waals surface area (Å²) in [5.74, 6) is 0. The van der Waals surface area contributed by atoms with E-state index in [2.05, 4.69) is 5.32 Å². The van der Waals surface area contributed by atoms with E-state index < -0.39 is 22.9 Å². The fourth-order valence-corrected chi connectivity index (χ4v) is 7.66. The van der Waals surface area contributed by atoms with Crippen LogP contribution in [0.25, 0.3) is 0 Å². The van der Waals surface area contributed by atoms with Crippen molar-refractivity contribution >= 4 is 23.3 Å². The Morgan fingerprint density at radius 2 is 1.38 bits per heavy atom. The molecule has 1 aliphatic heterocycles. The van der Waals surface area contributed by atoms with Crippen molar-refractivity contribution in [3.8, 4) is 0 Å². The lowest BCUT2D eigenvalue weighted by Crippen LogP contribution is -2.51. The van der Waals surface area contributed by atoms with E-state index in [0.717, 1.165) is 16.8 Å². The second-order valence-corrected chi connectivity index (χ2v) is 12.4. The van der Waals surface area contributed by atoms with Crippen molar-refractivity contribution in [1.29, 1.82) is 0 Å². The fourth-order valence-electron chi connectivity index (χ4n) is 3.95. The molecule has 176 valence electrons. The smallest absolute Gasteiger partial charge is 0.355 e. The lowest BCUT2D eigenvalue weighted by molar-refractivity contribution is 0.179. The van der Waals surface area contributed by atoms with Gasteiger partial charge in [-0.2, -0.15) is 4.31 Å². The van der Waals surface area contributed by atoms with Crippen molar-refractivity contribution in [2.75, 3.05) is 31.6 Å². The minimum Gasteiger partial charge on any atom is -0.369 e. The van der Waals surface area contributed by atoms with Gasteiger partial charge in [-0.15, -0.1) is 0 Å². The van der Waals surface area contributed by atoms with E-state index in [0.29, 0.717) is 12.8 Å². The van der Waals surface area contributed by atoms with Gasteiger partial charge in [0.2, 0.25) is 10.0 Å². The molecular weight excluding hydrogens is 447 g/mol. The first kappa shape index (κ1) is 24.9. The van der Waals surface area contributed by atoms with Crippen LogP contribution in [0.3, 0.4) is 0 Å². The topological polar surface area (TPSA) is 84.9 Å². The summed E-state index contributed by atoms with van der Waals surface area (Å²) in [6.45, 7) is 8.36. The largest absolute Gasteiger partial charge is 0.369 e. The summed E-state index contributed by atoms with van der Waals surface area (Å²) in [5.41, 5.74) is 2.91. The van der Waals surface area contributed by atoms with Crippen LogP contribution in [0.1, 0.15) is 37.8 Å². The Morgan fingerprint density at radius 1 is 0.906 bits per heavy atom. The quantitative estimate of drug-likeness (QED) is 0.499. The van der Waals surface area contributed by atoms with Gasteiger partial charge in [0.05, 0.1) is 18.1 Å². The van der Waals surface area contributed by atoms with Crippen molar-refractivity contribution in [2.24, 2.45) is 0 Å². The maximum atomic E-state index is 14.0. The zero-order valence-corrected chi connectivity index (χ0v) is 20.9. The Kier molecular flexibility index (Phi) is 7.84. The average Bonchev–Trinajstić information content (AvgIpc) is 2.76. The van der Waals surface area contributed by atoms with Gasteiger partial charge in [0.15, 0.2) is 0 Å². The van der Waals surface area contributed by atoms with Crippen molar-refractivity contribution in [3.05, 3.63) is 59.7 Å². The summed E-state index contributed by atoms with van der Waals surface area (Å²) in [5, 5.41) is 2.40. The number of sulfonamides is 1. The second-order valence-electron chi connectivity index (χ2n) is 8.07. The number of aryl methyl sites for hydroxylation is 2. The summed E-state index contributed by atoms with van der Waals surface area (Å²) >= 11 is 0. The van der Waals surface area contributed by atoms with Crippen LogP contribution in [0.5, 0.6) is 0 Å². The van der Waals surface area contributed by atoms with E-state index in [1.807, 2.05) is 38.1 Å². The molecule has 9 heteroatoms. The Hall–Kier alpha value is -1.70. The molecule has 0 spiro atoms. The van der Waals surface area contributed by atoms with Crippen LogP contribution in [-0.2, 0) is 23.6 Å². The van der Waals surface area contributed by atoms with Crippen LogP contribution in [0.4, 0.5) is 5.69 Å². The van der Waals surface area contributed by atoms with Gasteiger partial charge in [-0.25, -0.2) is 8.42 Å². The highest BCUT2D eigenvalue weighted by atomic mass is 32.2. The van der Waals surface area contributed by atoms with Crippen LogP contribution in [0.2, 0.25) is 0 Å². The van der Waals surface area contributed by atoms with Crippen molar-refractivity contribution < 1.29 is 22.0 Å². The minimum absolute atomic E-state index is 0.208. The molecule has 32 heavy (non-hydrogen) atoms. The van der Waals surface area contributed by atoms with Gasteiger partial charge in [0, 0.05) is 18.8 Å². The molecule has 0 bridgehead atoms. The summed E-state index contributed by atoms with van der Waals surface area (Å²) in [6.07, 6.45) is 0.590. The Balaban J connectivity index is 1.91. The molecule has 2 aromatic carbocycles. The molecule has 1 aliphatic rings. The Morgan fingerprint density at radius 3 is 1.84 bits per heavy atom. The molecule has 0 aliphatic carbocycles. The van der Waals surface area contributed by atoms with E-state index >= 15 is 0 Å². The number of hydrogen-bond donors (Lipinski definition) is 1. The average molecular weight is 481 g/mol. The standard InChI is InChI=1S/C23H33N2O5PS/c1-5-29-31(26,30-6-2)23(24-21-11-7-19(3)8-12-21)15-17-25(18-16-23)32(27,28)22-13-9-20(4)10-14-22/h7-14,24H,5-6,15-18H2,1-4H3. The zero-order valence-electron chi connectivity index (χ0n) is 19.2. The first-order valence-corrected chi connectivity index (χ1v) is 13.9. The fraction of sp³-hybridized carbons (Fsp3) is 0.478. The first-order chi connectivity index (χ1) is 15.2. The van der Waals surface area contributed by atoms with Crippen LogP contribution in [0.15, 0.2) is 53.4 Å². The minimum atomic E-state index is -3.64. The molecule has 0 radical (unpaired) electrons. The highest BCUT2D eigenvalue weighted by molar-refractivity contribution is 7.89. The summed E-state index contributed by atoms with van der Waals surface area (Å²) in [7, 11) is -7.24. The third kappa shape index (κ3) is 5.10. The molecule has 0 aromatic heterocycles. The molecular formula is C23H33N2O5PS. The maximum Gasteiger partial charge on any atom is 0.355 e. The number of anilines is 1. The van der Waals surface area contributed by atoms with Crippen molar-refractivity contribution in [2.45, 2.75) is 50.7 Å². The summed E-state index contributed by atoms with van der Waals surface area (Å²) in [4.78, 5) is 0.264.